The van der Waals surface area contributed by atoms with Crippen molar-refractivity contribution in [2.75, 3.05) is 0 Å². The quantitative estimate of drug-likeness (QED) is 0.772. The van der Waals surface area contributed by atoms with Gasteiger partial charge in [0.25, 0.3) is 5.56 Å². The molecule has 2 N–H and O–H groups in total. The maximum absolute atomic E-state index is 11.8. The van der Waals surface area contributed by atoms with Crippen LogP contribution >= 0.6 is 0 Å². The van der Waals surface area contributed by atoms with Crippen molar-refractivity contribution in [3.8, 4) is 0 Å². The minimum Gasteiger partial charge on any atom is -0.390 e. The summed E-state index contributed by atoms with van der Waals surface area (Å²) >= 11 is 0. The first-order chi connectivity index (χ1) is 9.02. The number of nitrogens with zero attached hydrogens (tertiary/aromatic N) is 1. The predicted molar refractivity (Wildman–Crippen MR) is 68.0 cm³/mol. The van der Waals surface area contributed by atoms with E-state index in [1.165, 1.54) is 10.8 Å². The third-order valence-electron chi connectivity index (χ3n) is 4.33. The van der Waals surface area contributed by atoms with Crippen LogP contribution < -0.4 is 11.2 Å². The number of aromatic amines is 1. The first-order valence-corrected chi connectivity index (χ1v) is 6.70. The highest BCUT2D eigenvalue weighted by Crippen LogP contribution is 2.46. The molecule has 1 spiro atoms. The summed E-state index contributed by atoms with van der Waals surface area (Å²) in [6, 6.07) is 0. The molecule has 1 saturated heterocycles. The van der Waals surface area contributed by atoms with E-state index in [4.69, 9.17) is 4.74 Å². The molecule has 3 atom stereocenters. The second-order valence-electron chi connectivity index (χ2n) is 5.56. The van der Waals surface area contributed by atoms with Gasteiger partial charge in [-0.05, 0) is 39.0 Å². The Bertz CT molecular complexity index is 605. The van der Waals surface area contributed by atoms with Crippen LogP contribution in [0.2, 0.25) is 0 Å². The molecule has 0 bridgehead atoms. The zero-order valence-electron chi connectivity index (χ0n) is 10.9. The lowest BCUT2D eigenvalue weighted by Crippen LogP contribution is -2.39. The summed E-state index contributed by atoms with van der Waals surface area (Å²) in [5, 5.41) is 10.0. The van der Waals surface area contributed by atoms with Crippen molar-refractivity contribution in [2.24, 2.45) is 0 Å². The lowest BCUT2D eigenvalue weighted by molar-refractivity contribution is -0.121. The van der Waals surface area contributed by atoms with Gasteiger partial charge in [0.15, 0.2) is 0 Å². The van der Waals surface area contributed by atoms with Gasteiger partial charge < -0.3 is 9.84 Å². The van der Waals surface area contributed by atoms with Crippen LogP contribution in [-0.4, -0.2) is 26.4 Å². The zero-order valence-corrected chi connectivity index (χ0v) is 10.9. The Labute approximate surface area is 110 Å². The van der Waals surface area contributed by atoms with Crippen LogP contribution in [0.1, 0.15) is 43.9 Å². The van der Waals surface area contributed by atoms with E-state index in [9.17, 15) is 14.7 Å². The van der Waals surface area contributed by atoms with E-state index in [1.807, 2.05) is 0 Å². The van der Waals surface area contributed by atoms with Gasteiger partial charge in [0.2, 0.25) is 0 Å². The molecule has 0 radical (unpaired) electrons. The molecule has 2 heterocycles. The summed E-state index contributed by atoms with van der Waals surface area (Å²) in [5.41, 5.74) is -0.829. The van der Waals surface area contributed by atoms with E-state index in [-0.39, 0.29) is 5.56 Å². The number of hydrogen-bond acceptors (Lipinski definition) is 4. The van der Waals surface area contributed by atoms with Gasteiger partial charge in [-0.2, -0.15) is 0 Å². The van der Waals surface area contributed by atoms with Crippen LogP contribution in [0.3, 0.4) is 0 Å². The number of H-pyrrole nitrogens is 1. The number of aromatic nitrogens is 2. The lowest BCUT2D eigenvalue weighted by Gasteiger charge is -2.28. The van der Waals surface area contributed by atoms with Crippen LogP contribution in [-0.2, 0) is 4.74 Å². The predicted octanol–water partition coefficient (Wildman–Crippen LogP) is 0.438. The topological polar surface area (TPSA) is 84.3 Å². The van der Waals surface area contributed by atoms with Crippen molar-refractivity contribution in [1.82, 2.24) is 9.55 Å². The van der Waals surface area contributed by atoms with Gasteiger partial charge in [-0.25, -0.2) is 4.79 Å². The SMILES string of the molecule is Cc1cn([C@H]2CC[C@]3(CCC[C@H]3O)O2)c(=O)[nH]c1=O. The van der Waals surface area contributed by atoms with E-state index in [0.29, 0.717) is 12.0 Å². The van der Waals surface area contributed by atoms with Crippen molar-refractivity contribution in [2.45, 2.75) is 57.0 Å². The van der Waals surface area contributed by atoms with Gasteiger partial charge in [0.1, 0.15) is 6.23 Å². The first-order valence-electron chi connectivity index (χ1n) is 6.70. The normalized spacial score (nSPS) is 34.2. The van der Waals surface area contributed by atoms with Crippen LogP contribution in [0, 0.1) is 6.92 Å². The Morgan fingerprint density at radius 1 is 1.42 bits per heavy atom. The minimum absolute atomic E-state index is 0.366. The molecular formula is C13H18N2O4. The van der Waals surface area contributed by atoms with Crippen LogP contribution in [0.25, 0.3) is 0 Å². The highest BCUT2D eigenvalue weighted by Gasteiger charge is 2.49. The van der Waals surface area contributed by atoms with Gasteiger partial charge in [0, 0.05) is 11.8 Å². The van der Waals surface area contributed by atoms with Gasteiger partial charge in [-0.1, -0.05) is 0 Å². The van der Waals surface area contributed by atoms with Crippen molar-refractivity contribution in [3.05, 3.63) is 32.6 Å². The molecule has 0 unspecified atom stereocenters. The molecule has 0 aromatic carbocycles. The van der Waals surface area contributed by atoms with Crippen molar-refractivity contribution < 1.29 is 9.84 Å². The van der Waals surface area contributed by atoms with Crippen molar-refractivity contribution in [3.63, 3.8) is 0 Å². The molecule has 2 aliphatic rings. The zero-order chi connectivity index (χ0) is 13.6. The second-order valence-corrected chi connectivity index (χ2v) is 5.56. The van der Waals surface area contributed by atoms with E-state index >= 15 is 0 Å². The largest absolute Gasteiger partial charge is 0.390 e. The van der Waals surface area contributed by atoms with Gasteiger partial charge in [-0.15, -0.1) is 0 Å². The average molecular weight is 266 g/mol. The number of aryl methyl sites for hydroxylation is 1. The molecule has 2 fully saturated rings. The summed E-state index contributed by atoms with van der Waals surface area (Å²) in [4.78, 5) is 25.5. The molecule has 0 amide bonds. The number of rotatable bonds is 1. The molecule has 1 aromatic heterocycles. The maximum atomic E-state index is 11.8. The fraction of sp³-hybridized carbons (Fsp3) is 0.692. The summed E-state index contributed by atoms with van der Waals surface area (Å²) in [6.07, 6.45) is 4.67. The number of ether oxygens (including phenoxy) is 1. The molecule has 1 aliphatic heterocycles. The van der Waals surface area contributed by atoms with Crippen LogP contribution in [0.4, 0.5) is 0 Å². The molecular weight excluding hydrogens is 248 g/mol. The molecule has 1 aliphatic carbocycles. The van der Waals surface area contributed by atoms with Crippen LogP contribution in [0.15, 0.2) is 15.8 Å². The van der Waals surface area contributed by atoms with Crippen molar-refractivity contribution >= 4 is 0 Å². The molecule has 104 valence electrons. The number of aliphatic hydroxyl groups is 1. The summed E-state index contributed by atoms with van der Waals surface area (Å²) < 4.78 is 7.40. The number of nitrogens with one attached hydrogen (secondary N) is 1. The second kappa shape index (κ2) is 4.31. The lowest BCUT2D eigenvalue weighted by atomic mass is 9.96. The van der Waals surface area contributed by atoms with Gasteiger partial charge >= 0.3 is 5.69 Å². The third-order valence-corrected chi connectivity index (χ3v) is 4.33. The Hall–Kier alpha value is -1.40. The third kappa shape index (κ3) is 1.95. The molecule has 19 heavy (non-hydrogen) atoms. The highest BCUT2D eigenvalue weighted by atomic mass is 16.5. The average Bonchev–Trinajstić information content (AvgIpc) is 2.94. The smallest absolute Gasteiger partial charge is 0.330 e. The summed E-state index contributed by atoms with van der Waals surface area (Å²) in [5.74, 6) is 0. The van der Waals surface area contributed by atoms with Gasteiger partial charge in [0.05, 0.1) is 11.7 Å². The molecule has 6 heteroatoms. The monoisotopic (exact) mass is 266 g/mol. The Morgan fingerprint density at radius 3 is 2.89 bits per heavy atom. The molecule has 1 aromatic rings. The Morgan fingerprint density at radius 2 is 2.21 bits per heavy atom. The van der Waals surface area contributed by atoms with E-state index in [1.54, 1.807) is 6.92 Å². The molecule has 6 nitrogen and oxygen atoms in total. The minimum atomic E-state index is -0.492. The van der Waals surface area contributed by atoms with Crippen molar-refractivity contribution in [1.29, 1.82) is 0 Å². The fourth-order valence-corrected chi connectivity index (χ4v) is 3.21. The Balaban J connectivity index is 1.91. The molecule has 3 rings (SSSR count). The highest BCUT2D eigenvalue weighted by molar-refractivity contribution is 5.03. The van der Waals surface area contributed by atoms with E-state index < -0.39 is 23.6 Å². The summed E-state index contributed by atoms with van der Waals surface area (Å²) in [7, 11) is 0. The number of hydrogen-bond donors (Lipinski definition) is 2. The summed E-state index contributed by atoms with van der Waals surface area (Å²) in [6.45, 7) is 1.66. The maximum Gasteiger partial charge on any atom is 0.330 e. The van der Waals surface area contributed by atoms with Gasteiger partial charge in [-0.3, -0.25) is 14.3 Å². The molecule has 1 saturated carbocycles. The Kier molecular flexibility index (Phi) is 2.87. The number of aliphatic hydroxyl groups excluding tert-OH is 1. The van der Waals surface area contributed by atoms with E-state index in [0.717, 1.165) is 25.7 Å². The van der Waals surface area contributed by atoms with E-state index in [2.05, 4.69) is 4.98 Å². The fourth-order valence-electron chi connectivity index (χ4n) is 3.21. The standard InChI is InChI=1S/C13H18N2O4/c1-8-7-15(12(18)14-11(8)17)10-4-6-13(19-10)5-2-3-9(13)16/h7,9-10,16H,2-6H2,1H3,(H,14,17,18)/t9-,10-,13+/m1/s1. The first kappa shape index (κ1) is 12.6. The van der Waals surface area contributed by atoms with Crippen LogP contribution in [0.5, 0.6) is 0 Å².